The molecule has 1 rings (SSSR count). The predicted molar refractivity (Wildman–Crippen MR) is 83.0 cm³/mol. The van der Waals surface area contributed by atoms with Gasteiger partial charge in [0.2, 0.25) is 0 Å². The molecule has 0 aliphatic heterocycles. The summed E-state index contributed by atoms with van der Waals surface area (Å²) < 4.78 is 1.98. The Balaban J connectivity index is 2.34. The van der Waals surface area contributed by atoms with Gasteiger partial charge in [-0.2, -0.15) is 16.9 Å². The maximum atomic E-state index is 8.68. The molecule has 0 saturated heterocycles. The van der Waals surface area contributed by atoms with E-state index in [4.69, 9.17) is 16.7 Å². The highest BCUT2D eigenvalue weighted by Gasteiger charge is 2.13. The van der Waals surface area contributed by atoms with Gasteiger partial charge in [0.05, 0.1) is 16.4 Å². The molecule has 4 nitrogen and oxygen atoms in total. The Morgan fingerprint density at radius 1 is 1.37 bits per heavy atom. The first-order valence-corrected chi connectivity index (χ1v) is 8.41. The number of aliphatic hydroxyl groups is 1. The first kappa shape index (κ1) is 16.8. The highest BCUT2D eigenvalue weighted by Crippen LogP contribution is 2.21. The third-order valence-corrected chi connectivity index (χ3v) is 4.36. The van der Waals surface area contributed by atoms with Crippen LogP contribution in [0.25, 0.3) is 0 Å². The van der Waals surface area contributed by atoms with Crippen LogP contribution in [0.5, 0.6) is 0 Å². The Morgan fingerprint density at radius 3 is 2.79 bits per heavy atom. The highest BCUT2D eigenvalue weighted by molar-refractivity contribution is 7.99. The topological polar surface area (TPSA) is 50.1 Å². The summed E-state index contributed by atoms with van der Waals surface area (Å²) in [4.78, 5) is 0. The molecule has 0 spiro atoms. The van der Waals surface area contributed by atoms with Crippen LogP contribution in [0, 0.1) is 0 Å². The van der Waals surface area contributed by atoms with Crippen LogP contribution in [-0.2, 0) is 19.5 Å². The average Bonchev–Trinajstić information content (AvgIpc) is 2.74. The molecule has 0 aliphatic carbocycles. The lowest BCUT2D eigenvalue weighted by molar-refractivity contribution is 0.296. The lowest BCUT2D eigenvalue weighted by Gasteiger charge is -2.07. The van der Waals surface area contributed by atoms with E-state index in [0.717, 1.165) is 60.4 Å². The molecule has 0 amide bonds. The summed E-state index contributed by atoms with van der Waals surface area (Å²) in [5, 5.41) is 17.4. The Bertz CT molecular complexity index is 371. The number of nitrogens with zero attached hydrogens (tertiary/aromatic N) is 2. The lowest BCUT2D eigenvalue weighted by atomic mass is 10.3. The first-order chi connectivity index (χ1) is 9.24. The minimum absolute atomic E-state index is 0.283. The quantitative estimate of drug-likeness (QED) is 0.651. The van der Waals surface area contributed by atoms with Crippen molar-refractivity contribution in [3.05, 3.63) is 16.4 Å². The van der Waals surface area contributed by atoms with Gasteiger partial charge in [-0.05, 0) is 25.5 Å². The van der Waals surface area contributed by atoms with Crippen molar-refractivity contribution >= 4 is 23.4 Å². The fourth-order valence-corrected chi connectivity index (χ4v) is 2.97. The number of aliphatic hydroxyl groups excluding tert-OH is 1. The van der Waals surface area contributed by atoms with E-state index < -0.39 is 0 Å². The molecule has 1 heterocycles. The van der Waals surface area contributed by atoms with Gasteiger partial charge in [-0.3, -0.25) is 4.68 Å². The van der Waals surface area contributed by atoms with Gasteiger partial charge in [-0.25, -0.2) is 0 Å². The van der Waals surface area contributed by atoms with Crippen molar-refractivity contribution in [2.75, 3.05) is 24.7 Å². The van der Waals surface area contributed by atoms with E-state index in [1.165, 1.54) is 0 Å². The number of nitrogens with one attached hydrogen (secondary N) is 1. The minimum Gasteiger partial charge on any atom is -0.396 e. The van der Waals surface area contributed by atoms with Crippen molar-refractivity contribution in [1.29, 1.82) is 0 Å². The Morgan fingerprint density at radius 2 is 2.16 bits per heavy atom. The number of hydrogen-bond donors (Lipinski definition) is 2. The van der Waals surface area contributed by atoms with Crippen molar-refractivity contribution in [3.63, 3.8) is 0 Å². The third kappa shape index (κ3) is 5.34. The number of hydrogen-bond acceptors (Lipinski definition) is 4. The van der Waals surface area contributed by atoms with Crippen LogP contribution >= 0.6 is 23.4 Å². The van der Waals surface area contributed by atoms with Crippen LogP contribution in [-0.4, -0.2) is 39.5 Å². The Labute approximate surface area is 124 Å². The highest BCUT2D eigenvalue weighted by atomic mass is 35.5. The second-order valence-corrected chi connectivity index (χ2v) is 5.85. The fourth-order valence-electron chi connectivity index (χ4n) is 1.81. The molecule has 110 valence electrons. The van der Waals surface area contributed by atoms with Gasteiger partial charge in [0.1, 0.15) is 0 Å². The fraction of sp³-hybridized carbons (Fsp3) is 0.769. The van der Waals surface area contributed by atoms with Gasteiger partial charge in [-0.1, -0.05) is 18.5 Å². The zero-order valence-electron chi connectivity index (χ0n) is 11.8. The third-order valence-electron chi connectivity index (χ3n) is 2.86. The standard InChI is InChI=1S/C13H24ClN3OS/c1-3-11-13(14)12(17(4-2)16-11)10-15-6-9-19-8-5-7-18/h15,18H,3-10H2,1-2H3. The van der Waals surface area contributed by atoms with Crippen molar-refractivity contribution < 1.29 is 5.11 Å². The molecule has 1 aromatic rings. The monoisotopic (exact) mass is 305 g/mol. The minimum atomic E-state index is 0.283. The summed E-state index contributed by atoms with van der Waals surface area (Å²) in [5.41, 5.74) is 2.07. The van der Waals surface area contributed by atoms with Gasteiger partial charge >= 0.3 is 0 Å². The Hall–Kier alpha value is -0.230. The summed E-state index contributed by atoms with van der Waals surface area (Å²) in [7, 11) is 0. The van der Waals surface area contributed by atoms with E-state index in [1.807, 2.05) is 16.4 Å². The molecule has 0 fully saturated rings. The van der Waals surface area contributed by atoms with Crippen LogP contribution in [0.4, 0.5) is 0 Å². The van der Waals surface area contributed by atoms with Gasteiger partial charge in [0.15, 0.2) is 0 Å². The predicted octanol–water partition coefficient (Wildman–Crippen LogP) is 2.32. The second-order valence-electron chi connectivity index (χ2n) is 4.24. The zero-order valence-corrected chi connectivity index (χ0v) is 13.4. The maximum Gasteiger partial charge on any atom is 0.0863 e. The zero-order chi connectivity index (χ0) is 14.1. The summed E-state index contributed by atoms with van der Waals surface area (Å²) in [5.74, 6) is 2.07. The normalized spacial score (nSPS) is 11.2. The molecule has 1 aromatic heterocycles. The van der Waals surface area contributed by atoms with Gasteiger partial charge in [-0.15, -0.1) is 0 Å². The summed E-state index contributed by atoms with van der Waals surface area (Å²) in [6, 6.07) is 0. The number of thioether (sulfide) groups is 1. The molecule has 0 aliphatic rings. The van der Waals surface area contributed by atoms with E-state index in [0.29, 0.717) is 0 Å². The van der Waals surface area contributed by atoms with E-state index >= 15 is 0 Å². The molecule has 0 bridgehead atoms. The van der Waals surface area contributed by atoms with Gasteiger partial charge in [0, 0.05) is 32.0 Å². The van der Waals surface area contributed by atoms with Crippen molar-refractivity contribution in [3.8, 4) is 0 Å². The molecule has 0 atom stereocenters. The molecule has 19 heavy (non-hydrogen) atoms. The summed E-state index contributed by atoms with van der Waals surface area (Å²) in [6.07, 6.45) is 1.74. The van der Waals surface area contributed by atoms with E-state index in [1.54, 1.807) is 0 Å². The van der Waals surface area contributed by atoms with Crippen LogP contribution < -0.4 is 5.32 Å². The van der Waals surface area contributed by atoms with Crippen molar-refractivity contribution in [2.45, 2.75) is 39.8 Å². The van der Waals surface area contributed by atoms with Crippen molar-refractivity contribution in [2.24, 2.45) is 0 Å². The van der Waals surface area contributed by atoms with Crippen LogP contribution in [0.2, 0.25) is 5.02 Å². The second kappa shape index (κ2) is 9.64. The molecular formula is C13H24ClN3OS. The Kier molecular flexibility index (Phi) is 8.53. The number of aromatic nitrogens is 2. The van der Waals surface area contributed by atoms with E-state index in [-0.39, 0.29) is 6.61 Å². The molecule has 0 aromatic carbocycles. The van der Waals surface area contributed by atoms with E-state index in [9.17, 15) is 0 Å². The van der Waals surface area contributed by atoms with Gasteiger partial charge in [0.25, 0.3) is 0 Å². The summed E-state index contributed by atoms with van der Waals surface area (Å²) in [6.45, 7) is 7.00. The molecule has 2 N–H and O–H groups in total. The largest absolute Gasteiger partial charge is 0.396 e. The number of rotatable bonds is 10. The SMILES string of the molecule is CCc1nn(CC)c(CNCCSCCCO)c1Cl. The molecule has 0 saturated carbocycles. The maximum absolute atomic E-state index is 8.68. The van der Waals surface area contributed by atoms with Crippen LogP contribution in [0.1, 0.15) is 31.7 Å². The van der Waals surface area contributed by atoms with Crippen LogP contribution in [0.15, 0.2) is 0 Å². The van der Waals surface area contributed by atoms with Gasteiger partial charge < -0.3 is 10.4 Å². The molecule has 6 heteroatoms. The molecule has 0 radical (unpaired) electrons. The van der Waals surface area contributed by atoms with Crippen LogP contribution in [0.3, 0.4) is 0 Å². The lowest BCUT2D eigenvalue weighted by Crippen LogP contribution is -2.19. The summed E-state index contributed by atoms with van der Waals surface area (Å²) >= 11 is 8.19. The first-order valence-electron chi connectivity index (χ1n) is 6.87. The van der Waals surface area contributed by atoms with Crippen molar-refractivity contribution in [1.82, 2.24) is 15.1 Å². The average molecular weight is 306 g/mol. The molecular weight excluding hydrogens is 282 g/mol. The molecule has 0 unspecified atom stereocenters. The van der Waals surface area contributed by atoms with E-state index in [2.05, 4.69) is 24.3 Å². The smallest absolute Gasteiger partial charge is 0.0863 e. The number of halogens is 1. The number of aryl methyl sites for hydroxylation is 2.